The zero-order valence-corrected chi connectivity index (χ0v) is 14.8. The number of halogens is 1. The highest BCUT2D eigenvalue weighted by Crippen LogP contribution is 2.14. The first-order valence-corrected chi connectivity index (χ1v) is 8.62. The Bertz CT molecular complexity index is 630. The van der Waals surface area contributed by atoms with E-state index < -0.39 is 5.91 Å². The first-order valence-electron chi connectivity index (χ1n) is 8.25. The third-order valence-corrected chi connectivity index (χ3v) is 4.24. The van der Waals surface area contributed by atoms with Crippen molar-refractivity contribution < 1.29 is 19.1 Å². The number of likely N-dealkylation sites (tertiary alicyclic amines) is 1. The summed E-state index contributed by atoms with van der Waals surface area (Å²) in [5.74, 6) is -0.659. The van der Waals surface area contributed by atoms with E-state index in [1.165, 1.54) is 0 Å². The molecule has 1 heterocycles. The Morgan fingerprint density at radius 2 is 1.92 bits per heavy atom. The summed E-state index contributed by atoms with van der Waals surface area (Å²) in [6.07, 6.45) is 0.991. The number of hydrogen-bond donors (Lipinski definition) is 2. The molecule has 0 atom stereocenters. The number of nitrogens with zero attached hydrogens (tertiary/aromatic N) is 1. The van der Waals surface area contributed by atoms with Crippen molar-refractivity contribution in [2.45, 2.75) is 25.8 Å². The van der Waals surface area contributed by atoms with Crippen molar-refractivity contribution in [2.24, 2.45) is 0 Å². The number of nitrogens with one attached hydrogen (secondary N) is 2. The molecule has 1 aliphatic heterocycles. The lowest BCUT2D eigenvalue weighted by atomic mass is 10.1. The largest absolute Gasteiger partial charge is 0.450 e. The van der Waals surface area contributed by atoms with Crippen molar-refractivity contribution >= 4 is 29.5 Å². The van der Waals surface area contributed by atoms with Crippen molar-refractivity contribution in [3.8, 4) is 0 Å². The summed E-state index contributed by atoms with van der Waals surface area (Å²) in [4.78, 5) is 37.2. The van der Waals surface area contributed by atoms with Gasteiger partial charge in [-0.3, -0.25) is 9.59 Å². The van der Waals surface area contributed by atoms with Gasteiger partial charge in [-0.2, -0.15) is 0 Å². The summed E-state index contributed by atoms with van der Waals surface area (Å²) in [7, 11) is 0. The van der Waals surface area contributed by atoms with Crippen LogP contribution in [0.4, 0.5) is 4.79 Å². The van der Waals surface area contributed by atoms with E-state index in [-0.39, 0.29) is 24.6 Å². The van der Waals surface area contributed by atoms with Crippen molar-refractivity contribution in [1.82, 2.24) is 15.5 Å². The van der Waals surface area contributed by atoms with E-state index in [4.69, 9.17) is 16.3 Å². The normalized spacial score (nSPS) is 14.7. The molecule has 0 unspecified atom stereocenters. The SMILES string of the molecule is CCOC(=O)N1CCC(NC(=O)CNC(=O)c2ccccc2Cl)CC1. The summed E-state index contributed by atoms with van der Waals surface area (Å²) in [6, 6.07) is 6.64. The monoisotopic (exact) mass is 367 g/mol. The van der Waals surface area contributed by atoms with Gasteiger partial charge in [0.2, 0.25) is 5.91 Å². The number of benzene rings is 1. The van der Waals surface area contributed by atoms with Crippen LogP contribution in [0.2, 0.25) is 5.02 Å². The average Bonchev–Trinajstić information content (AvgIpc) is 2.61. The number of ether oxygens (including phenoxy) is 1. The van der Waals surface area contributed by atoms with Gasteiger partial charge in [0, 0.05) is 19.1 Å². The number of hydrogen-bond acceptors (Lipinski definition) is 4. The van der Waals surface area contributed by atoms with Gasteiger partial charge in [0.25, 0.3) is 5.91 Å². The third kappa shape index (κ3) is 5.63. The van der Waals surface area contributed by atoms with Gasteiger partial charge in [0.05, 0.1) is 23.7 Å². The molecule has 136 valence electrons. The molecule has 0 radical (unpaired) electrons. The summed E-state index contributed by atoms with van der Waals surface area (Å²) in [5, 5.41) is 5.76. The predicted molar refractivity (Wildman–Crippen MR) is 93.5 cm³/mol. The Morgan fingerprint density at radius 3 is 2.56 bits per heavy atom. The Labute approximate surface area is 151 Å². The van der Waals surface area contributed by atoms with Crippen LogP contribution in [0.25, 0.3) is 0 Å². The highest BCUT2D eigenvalue weighted by molar-refractivity contribution is 6.33. The molecule has 2 rings (SSSR count). The molecule has 0 saturated carbocycles. The fourth-order valence-corrected chi connectivity index (χ4v) is 2.82. The fraction of sp³-hybridized carbons (Fsp3) is 0.471. The van der Waals surface area contributed by atoms with Gasteiger partial charge in [-0.15, -0.1) is 0 Å². The molecule has 8 heteroatoms. The molecule has 0 aliphatic carbocycles. The Hall–Kier alpha value is -2.28. The summed E-state index contributed by atoms with van der Waals surface area (Å²) < 4.78 is 4.96. The Morgan fingerprint density at radius 1 is 1.24 bits per heavy atom. The molecule has 0 spiro atoms. The first-order chi connectivity index (χ1) is 12.0. The Balaban J connectivity index is 1.72. The van der Waals surface area contributed by atoms with Crippen LogP contribution in [0.1, 0.15) is 30.1 Å². The zero-order valence-electron chi connectivity index (χ0n) is 14.1. The van der Waals surface area contributed by atoms with E-state index in [9.17, 15) is 14.4 Å². The van der Waals surface area contributed by atoms with E-state index >= 15 is 0 Å². The topological polar surface area (TPSA) is 87.7 Å². The second-order valence-electron chi connectivity index (χ2n) is 5.69. The Kier molecular flexibility index (Phi) is 7.06. The number of carbonyl (C=O) groups is 3. The number of carbonyl (C=O) groups excluding carboxylic acids is 3. The molecule has 25 heavy (non-hydrogen) atoms. The van der Waals surface area contributed by atoms with Gasteiger partial charge in [-0.25, -0.2) is 4.79 Å². The van der Waals surface area contributed by atoms with Crippen molar-refractivity contribution in [1.29, 1.82) is 0 Å². The first kappa shape index (κ1) is 19.1. The van der Waals surface area contributed by atoms with Crippen LogP contribution < -0.4 is 10.6 Å². The lowest BCUT2D eigenvalue weighted by Gasteiger charge is -2.31. The van der Waals surface area contributed by atoms with Crippen molar-refractivity contribution in [3.05, 3.63) is 34.9 Å². The van der Waals surface area contributed by atoms with Gasteiger partial charge in [-0.1, -0.05) is 23.7 Å². The average molecular weight is 368 g/mol. The molecular formula is C17H22ClN3O4. The molecule has 1 aromatic rings. The van der Waals surface area contributed by atoms with Gasteiger partial charge < -0.3 is 20.3 Å². The molecule has 7 nitrogen and oxygen atoms in total. The maximum atomic E-state index is 12.0. The highest BCUT2D eigenvalue weighted by atomic mass is 35.5. The number of piperidine rings is 1. The van der Waals surface area contributed by atoms with Crippen LogP contribution in [0.15, 0.2) is 24.3 Å². The minimum absolute atomic E-state index is 0.0182. The lowest BCUT2D eigenvalue weighted by molar-refractivity contribution is -0.121. The van der Waals surface area contributed by atoms with Crippen LogP contribution in [0, 0.1) is 0 Å². The molecule has 1 aliphatic rings. The second kappa shape index (κ2) is 9.27. The van der Waals surface area contributed by atoms with Crippen LogP contribution >= 0.6 is 11.6 Å². The molecule has 1 aromatic carbocycles. The van der Waals surface area contributed by atoms with E-state index in [0.29, 0.717) is 43.1 Å². The predicted octanol–water partition coefficient (Wildman–Crippen LogP) is 1.81. The minimum Gasteiger partial charge on any atom is -0.450 e. The van der Waals surface area contributed by atoms with Crippen molar-refractivity contribution in [3.63, 3.8) is 0 Å². The molecular weight excluding hydrogens is 346 g/mol. The molecule has 0 bridgehead atoms. The van der Waals surface area contributed by atoms with E-state index in [2.05, 4.69) is 10.6 Å². The standard InChI is InChI=1S/C17H22ClN3O4/c1-2-25-17(24)21-9-7-12(8-10-21)20-15(22)11-19-16(23)13-5-3-4-6-14(13)18/h3-6,12H,2,7-11H2,1H3,(H,19,23)(H,20,22). The van der Waals surface area contributed by atoms with Crippen LogP contribution in [-0.4, -0.2) is 55.1 Å². The van der Waals surface area contributed by atoms with E-state index in [0.717, 1.165) is 0 Å². The lowest BCUT2D eigenvalue weighted by Crippen LogP contribution is -2.48. The van der Waals surface area contributed by atoms with Crippen LogP contribution in [0.3, 0.4) is 0 Å². The molecule has 3 amide bonds. The highest BCUT2D eigenvalue weighted by Gasteiger charge is 2.24. The number of amides is 3. The molecule has 1 fully saturated rings. The molecule has 1 saturated heterocycles. The van der Waals surface area contributed by atoms with E-state index in [1.807, 2.05) is 0 Å². The van der Waals surface area contributed by atoms with Gasteiger partial charge in [0.1, 0.15) is 0 Å². The smallest absolute Gasteiger partial charge is 0.409 e. The van der Waals surface area contributed by atoms with Gasteiger partial charge in [0.15, 0.2) is 0 Å². The number of rotatable bonds is 5. The summed E-state index contributed by atoms with van der Waals surface area (Å²) in [5.41, 5.74) is 0.333. The van der Waals surface area contributed by atoms with E-state index in [1.54, 1.807) is 36.1 Å². The van der Waals surface area contributed by atoms with Gasteiger partial charge in [-0.05, 0) is 31.9 Å². The zero-order chi connectivity index (χ0) is 18.2. The second-order valence-corrected chi connectivity index (χ2v) is 6.10. The molecule has 2 N–H and O–H groups in total. The third-order valence-electron chi connectivity index (χ3n) is 3.91. The fourth-order valence-electron chi connectivity index (χ4n) is 2.60. The maximum Gasteiger partial charge on any atom is 0.409 e. The maximum absolute atomic E-state index is 12.0. The summed E-state index contributed by atoms with van der Waals surface area (Å²) >= 11 is 5.95. The minimum atomic E-state index is -0.391. The quantitative estimate of drug-likeness (QED) is 0.830. The van der Waals surface area contributed by atoms with Gasteiger partial charge >= 0.3 is 6.09 Å². The summed E-state index contributed by atoms with van der Waals surface area (Å²) in [6.45, 7) is 3.07. The van der Waals surface area contributed by atoms with Crippen LogP contribution in [-0.2, 0) is 9.53 Å². The van der Waals surface area contributed by atoms with Crippen LogP contribution in [0.5, 0.6) is 0 Å². The molecule has 0 aromatic heterocycles. The van der Waals surface area contributed by atoms with Crippen molar-refractivity contribution in [2.75, 3.05) is 26.2 Å².